The number of aliphatic hydroxyl groups excluding tert-OH is 1. The molecule has 3 rings (SSSR count). The minimum Gasteiger partial charge on any atom is -0.491 e. The van der Waals surface area contributed by atoms with Gasteiger partial charge in [-0.2, -0.15) is 0 Å². The Balaban J connectivity index is 1.19. The maximum Gasteiger partial charge on any atom is 0.224 e. The Kier molecular flexibility index (Phi) is 11.5. The smallest absolute Gasteiger partial charge is 0.224 e. The first-order valence-electron chi connectivity index (χ1n) is 12.0. The number of carbonyl (C=O) groups is 1. The summed E-state index contributed by atoms with van der Waals surface area (Å²) in [6.07, 6.45) is 4.91. The van der Waals surface area contributed by atoms with Crippen molar-refractivity contribution in [2.75, 3.05) is 39.5 Å². The first-order chi connectivity index (χ1) is 16.6. The van der Waals surface area contributed by atoms with Crippen LogP contribution in [0.3, 0.4) is 0 Å². The number of halogens is 1. The summed E-state index contributed by atoms with van der Waals surface area (Å²) in [7, 11) is 0. The van der Waals surface area contributed by atoms with Crippen LogP contribution in [0.1, 0.15) is 31.2 Å². The van der Waals surface area contributed by atoms with Gasteiger partial charge in [0.25, 0.3) is 0 Å². The van der Waals surface area contributed by atoms with Crippen LogP contribution < -0.4 is 20.1 Å². The minimum atomic E-state index is -0.659. The van der Waals surface area contributed by atoms with Crippen molar-refractivity contribution in [3.8, 4) is 11.5 Å². The molecule has 1 atom stereocenters. The minimum absolute atomic E-state index is 0.0539. The molecule has 7 nitrogen and oxygen atoms in total. The summed E-state index contributed by atoms with van der Waals surface area (Å²) in [5.41, 5.74) is 0.912. The monoisotopic (exact) mass is 490 g/mol. The second kappa shape index (κ2) is 14.8. The summed E-state index contributed by atoms with van der Waals surface area (Å²) in [4.78, 5) is 11.9. The highest BCUT2D eigenvalue weighted by Gasteiger charge is 2.14. The number of nitrogens with one attached hydrogen (secondary N) is 2. The van der Waals surface area contributed by atoms with E-state index in [2.05, 4.69) is 10.6 Å². The molecule has 186 valence electrons. The molecule has 0 radical (unpaired) electrons. The molecule has 0 aliphatic heterocycles. The molecule has 1 aliphatic carbocycles. The lowest BCUT2D eigenvalue weighted by Gasteiger charge is -2.14. The Labute approximate surface area is 206 Å². The van der Waals surface area contributed by atoms with Crippen molar-refractivity contribution in [3.63, 3.8) is 0 Å². The zero-order chi connectivity index (χ0) is 24.0. The second-order valence-electron chi connectivity index (χ2n) is 8.42. The SMILES string of the molecule is O=C(Cc1ccc(Cl)cc1)NCCNCC(O)COc1ccc(OCCOC2CCCC2)cc1. The summed E-state index contributed by atoms with van der Waals surface area (Å²) in [5.74, 6) is 1.38. The van der Waals surface area contributed by atoms with Crippen LogP contribution in [0.25, 0.3) is 0 Å². The van der Waals surface area contributed by atoms with Crippen LogP contribution in [-0.4, -0.2) is 62.7 Å². The van der Waals surface area contributed by atoms with Crippen molar-refractivity contribution in [2.24, 2.45) is 0 Å². The predicted molar refractivity (Wildman–Crippen MR) is 133 cm³/mol. The van der Waals surface area contributed by atoms with E-state index in [0.29, 0.717) is 56.1 Å². The van der Waals surface area contributed by atoms with Gasteiger partial charge in [0.05, 0.1) is 19.1 Å². The highest BCUT2D eigenvalue weighted by atomic mass is 35.5. The van der Waals surface area contributed by atoms with Crippen molar-refractivity contribution in [1.29, 1.82) is 0 Å². The number of ether oxygens (including phenoxy) is 3. The summed E-state index contributed by atoms with van der Waals surface area (Å²) in [6, 6.07) is 14.6. The number of amides is 1. The molecule has 1 amide bonds. The first-order valence-corrected chi connectivity index (χ1v) is 12.3. The third-order valence-corrected chi connectivity index (χ3v) is 5.81. The Morgan fingerprint density at radius 1 is 0.971 bits per heavy atom. The van der Waals surface area contributed by atoms with Crippen LogP contribution in [0.5, 0.6) is 11.5 Å². The van der Waals surface area contributed by atoms with E-state index in [1.807, 2.05) is 36.4 Å². The topological polar surface area (TPSA) is 89.1 Å². The molecule has 1 unspecified atom stereocenters. The highest BCUT2D eigenvalue weighted by Crippen LogP contribution is 2.21. The number of hydrogen-bond donors (Lipinski definition) is 3. The molecule has 2 aromatic rings. The van der Waals surface area contributed by atoms with Crippen molar-refractivity contribution >= 4 is 17.5 Å². The van der Waals surface area contributed by atoms with Crippen LogP contribution in [0.15, 0.2) is 48.5 Å². The van der Waals surface area contributed by atoms with Gasteiger partial charge >= 0.3 is 0 Å². The van der Waals surface area contributed by atoms with E-state index in [4.69, 9.17) is 25.8 Å². The van der Waals surface area contributed by atoms with Crippen LogP contribution in [0.4, 0.5) is 0 Å². The quantitative estimate of drug-likeness (QED) is 0.332. The van der Waals surface area contributed by atoms with Gasteiger partial charge in [0.2, 0.25) is 5.91 Å². The maximum atomic E-state index is 11.9. The van der Waals surface area contributed by atoms with E-state index in [0.717, 1.165) is 24.2 Å². The molecule has 0 saturated heterocycles. The maximum absolute atomic E-state index is 11.9. The standard InChI is InChI=1S/C26H35ClN2O5/c27-21-7-5-20(6-8-21)17-26(31)29-14-13-28-18-22(30)19-34-25-11-9-24(10-12-25)33-16-15-32-23-3-1-2-4-23/h5-12,22-23,28,30H,1-4,13-19H2,(H,29,31). The van der Waals surface area contributed by atoms with Gasteiger partial charge in [-0.25, -0.2) is 0 Å². The van der Waals surface area contributed by atoms with Crippen LogP contribution in [-0.2, 0) is 16.0 Å². The molecular weight excluding hydrogens is 456 g/mol. The van der Waals surface area contributed by atoms with Crippen LogP contribution in [0, 0.1) is 0 Å². The third-order valence-electron chi connectivity index (χ3n) is 5.56. The number of aliphatic hydroxyl groups is 1. The molecule has 3 N–H and O–H groups in total. The molecule has 0 heterocycles. The summed E-state index contributed by atoms with van der Waals surface area (Å²) in [6.45, 7) is 2.71. The molecule has 0 bridgehead atoms. The molecule has 8 heteroatoms. The van der Waals surface area contributed by atoms with Crippen molar-refractivity contribution in [3.05, 3.63) is 59.1 Å². The average molecular weight is 491 g/mol. The summed E-state index contributed by atoms with van der Waals surface area (Å²) < 4.78 is 17.1. The summed E-state index contributed by atoms with van der Waals surface area (Å²) >= 11 is 5.85. The lowest BCUT2D eigenvalue weighted by molar-refractivity contribution is -0.120. The van der Waals surface area contributed by atoms with Crippen LogP contribution in [0.2, 0.25) is 5.02 Å². The van der Waals surface area contributed by atoms with Crippen molar-refractivity contribution in [1.82, 2.24) is 10.6 Å². The Hall–Kier alpha value is -2.32. The molecule has 1 saturated carbocycles. The number of rotatable bonds is 15. The van der Waals surface area contributed by atoms with Gasteiger partial charge in [-0.3, -0.25) is 4.79 Å². The molecule has 1 fully saturated rings. The van der Waals surface area contributed by atoms with Crippen molar-refractivity contribution in [2.45, 2.75) is 44.3 Å². The van der Waals surface area contributed by atoms with E-state index in [1.54, 1.807) is 12.1 Å². The number of benzene rings is 2. The molecule has 0 spiro atoms. The van der Waals surface area contributed by atoms with E-state index < -0.39 is 6.10 Å². The van der Waals surface area contributed by atoms with E-state index in [1.165, 1.54) is 12.8 Å². The highest BCUT2D eigenvalue weighted by molar-refractivity contribution is 6.30. The van der Waals surface area contributed by atoms with Gasteiger partial charge < -0.3 is 30.0 Å². The fourth-order valence-corrected chi connectivity index (χ4v) is 3.85. The first kappa shape index (κ1) is 26.3. The molecule has 2 aromatic carbocycles. The average Bonchev–Trinajstić information content (AvgIpc) is 3.36. The predicted octanol–water partition coefficient (Wildman–Crippen LogP) is 3.37. The Morgan fingerprint density at radius 2 is 1.65 bits per heavy atom. The Morgan fingerprint density at radius 3 is 2.35 bits per heavy atom. The molecule has 0 aromatic heterocycles. The van der Waals surface area contributed by atoms with Crippen LogP contribution >= 0.6 is 11.6 Å². The van der Waals surface area contributed by atoms with Gasteiger partial charge in [-0.05, 0) is 54.8 Å². The zero-order valence-electron chi connectivity index (χ0n) is 19.5. The lowest BCUT2D eigenvalue weighted by atomic mass is 10.1. The van der Waals surface area contributed by atoms with Gasteiger partial charge in [0.1, 0.15) is 30.8 Å². The van der Waals surface area contributed by atoms with Crippen molar-refractivity contribution < 1.29 is 24.1 Å². The third kappa shape index (κ3) is 10.3. The lowest BCUT2D eigenvalue weighted by Crippen LogP contribution is -2.37. The van der Waals surface area contributed by atoms with Gasteiger partial charge in [0.15, 0.2) is 0 Å². The summed E-state index contributed by atoms with van der Waals surface area (Å²) in [5, 5.41) is 16.7. The van der Waals surface area contributed by atoms with Gasteiger partial charge in [0, 0.05) is 24.7 Å². The van der Waals surface area contributed by atoms with Gasteiger partial charge in [-0.1, -0.05) is 36.6 Å². The Bertz CT molecular complexity index is 841. The van der Waals surface area contributed by atoms with E-state index in [9.17, 15) is 9.90 Å². The van der Waals surface area contributed by atoms with E-state index in [-0.39, 0.29) is 12.5 Å². The van der Waals surface area contributed by atoms with E-state index >= 15 is 0 Å². The number of hydrogen-bond acceptors (Lipinski definition) is 6. The molecule has 34 heavy (non-hydrogen) atoms. The fraction of sp³-hybridized carbons (Fsp3) is 0.500. The molecular formula is C26H35ClN2O5. The number of carbonyl (C=O) groups excluding carboxylic acids is 1. The fourth-order valence-electron chi connectivity index (χ4n) is 3.72. The molecule has 1 aliphatic rings. The normalized spacial score (nSPS) is 14.6. The second-order valence-corrected chi connectivity index (χ2v) is 8.86. The van der Waals surface area contributed by atoms with Gasteiger partial charge in [-0.15, -0.1) is 0 Å². The largest absolute Gasteiger partial charge is 0.491 e. The zero-order valence-corrected chi connectivity index (χ0v) is 20.3.